The highest BCUT2D eigenvalue weighted by atomic mass is 32.1. The van der Waals surface area contributed by atoms with Gasteiger partial charge in [0.2, 0.25) is 0 Å². The van der Waals surface area contributed by atoms with Crippen molar-refractivity contribution in [1.82, 2.24) is 10.3 Å². The van der Waals surface area contributed by atoms with Crippen molar-refractivity contribution >= 4 is 11.3 Å². The molecule has 1 fully saturated rings. The molecule has 0 spiro atoms. The van der Waals surface area contributed by atoms with E-state index in [1.54, 1.807) is 0 Å². The Morgan fingerprint density at radius 1 is 1.20 bits per heavy atom. The monoisotopic (exact) mass is 286 g/mol. The fourth-order valence-corrected chi connectivity index (χ4v) is 3.59. The highest BCUT2D eigenvalue weighted by Gasteiger charge is 2.48. The molecule has 20 heavy (non-hydrogen) atoms. The van der Waals surface area contributed by atoms with Crippen molar-refractivity contribution in [3.8, 4) is 0 Å². The molecule has 3 rings (SSSR count). The second-order valence-corrected chi connectivity index (χ2v) is 7.80. The Balaban J connectivity index is 1.77. The van der Waals surface area contributed by atoms with Crippen LogP contribution in [0.1, 0.15) is 49.1 Å². The lowest BCUT2D eigenvalue weighted by molar-refractivity contribution is 0.426. The number of nitrogens with zero attached hydrogens (tertiary/aromatic N) is 1. The molecular weight excluding hydrogens is 264 g/mol. The third-order valence-corrected chi connectivity index (χ3v) is 5.03. The van der Waals surface area contributed by atoms with Gasteiger partial charge in [0.1, 0.15) is 5.01 Å². The minimum Gasteiger partial charge on any atom is -0.307 e. The number of hydrogen-bond acceptors (Lipinski definition) is 3. The molecule has 1 aliphatic carbocycles. The van der Waals surface area contributed by atoms with Crippen molar-refractivity contribution in [3.05, 3.63) is 52.0 Å². The molecule has 1 saturated carbocycles. The zero-order chi connectivity index (χ0) is 14.2. The summed E-state index contributed by atoms with van der Waals surface area (Å²) in [5.74, 6) is 0. The predicted molar refractivity (Wildman–Crippen MR) is 85.2 cm³/mol. The zero-order valence-electron chi connectivity index (χ0n) is 12.4. The van der Waals surface area contributed by atoms with Gasteiger partial charge in [0.25, 0.3) is 0 Å². The SMILES string of the molecule is CC(C)(C)NCc1cnc(C2(c3ccccc3)CC2)s1. The predicted octanol–water partition coefficient (Wildman–Crippen LogP) is 4.11. The molecule has 1 aromatic carbocycles. The number of aromatic nitrogens is 1. The summed E-state index contributed by atoms with van der Waals surface area (Å²) in [5, 5.41) is 4.82. The summed E-state index contributed by atoms with van der Waals surface area (Å²) >= 11 is 1.86. The van der Waals surface area contributed by atoms with Crippen LogP contribution in [0.4, 0.5) is 0 Å². The van der Waals surface area contributed by atoms with Crippen molar-refractivity contribution in [3.63, 3.8) is 0 Å². The molecule has 0 radical (unpaired) electrons. The van der Waals surface area contributed by atoms with E-state index in [1.165, 1.54) is 28.3 Å². The van der Waals surface area contributed by atoms with Gasteiger partial charge < -0.3 is 5.32 Å². The lowest BCUT2D eigenvalue weighted by Gasteiger charge is -2.19. The Bertz CT molecular complexity index is 577. The van der Waals surface area contributed by atoms with Crippen LogP contribution in [-0.2, 0) is 12.0 Å². The standard InChI is InChI=1S/C17H22N2S/c1-16(2,3)19-12-14-11-18-15(20-14)17(9-10-17)13-7-5-4-6-8-13/h4-8,11,19H,9-10,12H2,1-3H3. The Hall–Kier alpha value is -1.19. The highest BCUT2D eigenvalue weighted by Crippen LogP contribution is 2.54. The Morgan fingerprint density at radius 2 is 1.90 bits per heavy atom. The first-order valence-corrected chi connectivity index (χ1v) is 8.07. The van der Waals surface area contributed by atoms with Gasteiger partial charge in [-0.1, -0.05) is 30.3 Å². The molecule has 2 nitrogen and oxygen atoms in total. The molecule has 0 aliphatic heterocycles. The van der Waals surface area contributed by atoms with Gasteiger partial charge in [0.15, 0.2) is 0 Å². The molecule has 1 N–H and O–H groups in total. The average Bonchev–Trinajstić information content (AvgIpc) is 3.09. The summed E-state index contributed by atoms with van der Waals surface area (Å²) < 4.78 is 0. The minimum atomic E-state index is 0.154. The third-order valence-electron chi connectivity index (χ3n) is 3.83. The van der Waals surface area contributed by atoms with Crippen molar-refractivity contribution in [1.29, 1.82) is 0 Å². The van der Waals surface area contributed by atoms with Gasteiger partial charge in [-0.3, -0.25) is 0 Å². The average molecular weight is 286 g/mol. The van der Waals surface area contributed by atoms with E-state index in [2.05, 4.69) is 56.4 Å². The van der Waals surface area contributed by atoms with Gasteiger partial charge >= 0.3 is 0 Å². The summed E-state index contributed by atoms with van der Waals surface area (Å²) in [6, 6.07) is 10.8. The van der Waals surface area contributed by atoms with Crippen LogP contribution in [0.3, 0.4) is 0 Å². The van der Waals surface area contributed by atoms with E-state index >= 15 is 0 Å². The fourth-order valence-electron chi connectivity index (χ4n) is 2.47. The first-order valence-electron chi connectivity index (χ1n) is 7.25. The summed E-state index contributed by atoms with van der Waals surface area (Å²) in [6.07, 6.45) is 4.51. The van der Waals surface area contributed by atoms with Gasteiger partial charge in [0.05, 0.1) is 0 Å². The molecule has 3 heteroatoms. The van der Waals surface area contributed by atoms with Gasteiger partial charge in [-0.05, 0) is 39.2 Å². The van der Waals surface area contributed by atoms with Crippen LogP contribution in [0, 0.1) is 0 Å². The fraction of sp³-hybridized carbons (Fsp3) is 0.471. The van der Waals surface area contributed by atoms with E-state index in [1.807, 2.05) is 17.5 Å². The molecule has 2 aromatic rings. The summed E-state index contributed by atoms with van der Waals surface area (Å²) in [6.45, 7) is 7.50. The molecule has 1 aliphatic rings. The Morgan fingerprint density at radius 3 is 2.50 bits per heavy atom. The van der Waals surface area contributed by atoms with E-state index in [9.17, 15) is 0 Å². The molecule has 1 heterocycles. The summed E-state index contributed by atoms with van der Waals surface area (Å²) in [4.78, 5) is 6.04. The smallest absolute Gasteiger partial charge is 0.103 e. The lowest BCUT2D eigenvalue weighted by Crippen LogP contribution is -2.34. The van der Waals surface area contributed by atoms with E-state index < -0.39 is 0 Å². The molecule has 0 unspecified atom stereocenters. The summed E-state index contributed by atoms with van der Waals surface area (Å²) in [7, 11) is 0. The van der Waals surface area contributed by atoms with E-state index in [0.29, 0.717) is 0 Å². The Labute approximate surface area is 125 Å². The largest absolute Gasteiger partial charge is 0.307 e. The third kappa shape index (κ3) is 2.79. The molecule has 0 bridgehead atoms. The van der Waals surface area contributed by atoms with E-state index in [4.69, 9.17) is 4.98 Å². The minimum absolute atomic E-state index is 0.154. The van der Waals surface area contributed by atoms with Crippen molar-refractivity contribution in [2.24, 2.45) is 0 Å². The van der Waals surface area contributed by atoms with Crippen LogP contribution in [0.5, 0.6) is 0 Å². The van der Waals surface area contributed by atoms with Crippen LogP contribution in [0.15, 0.2) is 36.5 Å². The number of hydrogen-bond donors (Lipinski definition) is 1. The maximum Gasteiger partial charge on any atom is 0.103 e. The topological polar surface area (TPSA) is 24.9 Å². The van der Waals surface area contributed by atoms with E-state index in [-0.39, 0.29) is 11.0 Å². The second kappa shape index (κ2) is 4.97. The van der Waals surface area contributed by atoms with Crippen LogP contribution in [-0.4, -0.2) is 10.5 Å². The van der Waals surface area contributed by atoms with Crippen LogP contribution < -0.4 is 5.32 Å². The maximum absolute atomic E-state index is 4.71. The first-order chi connectivity index (χ1) is 9.50. The van der Waals surface area contributed by atoms with Crippen molar-refractivity contribution < 1.29 is 0 Å². The summed E-state index contributed by atoms with van der Waals surface area (Å²) in [5.41, 5.74) is 1.79. The van der Waals surface area contributed by atoms with Gasteiger partial charge in [-0.25, -0.2) is 4.98 Å². The van der Waals surface area contributed by atoms with Gasteiger partial charge in [0, 0.05) is 28.6 Å². The van der Waals surface area contributed by atoms with Crippen LogP contribution in [0.25, 0.3) is 0 Å². The molecule has 0 saturated heterocycles. The van der Waals surface area contributed by atoms with Gasteiger partial charge in [-0.2, -0.15) is 0 Å². The van der Waals surface area contributed by atoms with Crippen molar-refractivity contribution in [2.75, 3.05) is 0 Å². The lowest BCUT2D eigenvalue weighted by atomic mass is 9.97. The number of benzene rings is 1. The highest BCUT2D eigenvalue weighted by molar-refractivity contribution is 7.11. The molecule has 1 aromatic heterocycles. The maximum atomic E-state index is 4.71. The first kappa shape index (κ1) is 13.8. The molecule has 106 valence electrons. The Kier molecular flexibility index (Phi) is 3.43. The zero-order valence-corrected chi connectivity index (χ0v) is 13.3. The number of nitrogens with one attached hydrogen (secondary N) is 1. The van der Waals surface area contributed by atoms with Gasteiger partial charge in [-0.15, -0.1) is 11.3 Å². The van der Waals surface area contributed by atoms with E-state index in [0.717, 1.165) is 6.54 Å². The number of rotatable bonds is 4. The molecule has 0 amide bonds. The quantitative estimate of drug-likeness (QED) is 0.915. The van der Waals surface area contributed by atoms with Crippen LogP contribution >= 0.6 is 11.3 Å². The second-order valence-electron chi connectivity index (χ2n) is 6.68. The molecular formula is C17H22N2S. The normalized spacial score (nSPS) is 17.1. The molecule has 0 atom stereocenters. The van der Waals surface area contributed by atoms with Crippen LogP contribution in [0.2, 0.25) is 0 Å². The van der Waals surface area contributed by atoms with Crippen molar-refractivity contribution in [2.45, 2.75) is 51.1 Å². The number of thiazole rings is 1.